The smallest absolute Gasteiger partial charge is 0.490 e. The van der Waals surface area contributed by atoms with Crippen LogP contribution < -0.4 is 10.2 Å². The highest BCUT2D eigenvalue weighted by Crippen LogP contribution is 2.20. The second-order valence-corrected chi connectivity index (χ2v) is 4.22. The summed E-state index contributed by atoms with van der Waals surface area (Å²) in [6.45, 7) is -0.289. The second-order valence-electron chi connectivity index (χ2n) is 4.22. The molecule has 0 aliphatic rings. The standard InChI is InChI=1S/C12H12N6O5/c1-23-9-2-3-10(19)8(4-9)5-14-15-11(20)6-17-7-13-12(16-17)18(21)22/h2-5,7,19H,6H2,1H3,(H,15,20)/b14-5-. The Morgan fingerprint density at radius 3 is 3.04 bits per heavy atom. The fourth-order valence-electron chi connectivity index (χ4n) is 1.56. The normalized spacial score (nSPS) is 10.7. The number of nitro groups is 1. The lowest BCUT2D eigenvalue weighted by atomic mass is 10.2. The van der Waals surface area contributed by atoms with Crippen molar-refractivity contribution in [3.05, 3.63) is 40.2 Å². The first-order valence-electron chi connectivity index (χ1n) is 6.22. The van der Waals surface area contributed by atoms with E-state index < -0.39 is 16.8 Å². The minimum absolute atomic E-state index is 0.0318. The van der Waals surface area contributed by atoms with Gasteiger partial charge in [-0.15, -0.1) is 0 Å². The van der Waals surface area contributed by atoms with Crippen molar-refractivity contribution in [1.29, 1.82) is 0 Å². The summed E-state index contributed by atoms with van der Waals surface area (Å²) in [7, 11) is 1.48. The number of hydrogen-bond acceptors (Lipinski definition) is 8. The highest BCUT2D eigenvalue weighted by molar-refractivity contribution is 5.85. The van der Waals surface area contributed by atoms with E-state index in [1.165, 1.54) is 25.5 Å². The number of aromatic hydroxyl groups is 1. The summed E-state index contributed by atoms with van der Waals surface area (Å²) in [5, 5.41) is 27.2. The molecule has 1 heterocycles. The van der Waals surface area contributed by atoms with E-state index in [1.807, 2.05) is 0 Å². The van der Waals surface area contributed by atoms with Gasteiger partial charge in [0.15, 0.2) is 0 Å². The van der Waals surface area contributed by atoms with Gasteiger partial charge < -0.3 is 20.0 Å². The quantitative estimate of drug-likeness (QED) is 0.434. The number of nitrogens with one attached hydrogen (secondary N) is 1. The molecular formula is C12H12N6O5. The van der Waals surface area contributed by atoms with Gasteiger partial charge in [-0.2, -0.15) is 9.78 Å². The van der Waals surface area contributed by atoms with Crippen molar-refractivity contribution in [2.24, 2.45) is 5.10 Å². The summed E-state index contributed by atoms with van der Waals surface area (Å²) in [6.07, 6.45) is 2.30. The fourth-order valence-corrected chi connectivity index (χ4v) is 1.56. The lowest BCUT2D eigenvalue weighted by Crippen LogP contribution is -2.23. The predicted molar refractivity (Wildman–Crippen MR) is 77.1 cm³/mol. The van der Waals surface area contributed by atoms with Crippen molar-refractivity contribution in [3.63, 3.8) is 0 Å². The summed E-state index contributed by atoms with van der Waals surface area (Å²) < 4.78 is 6.01. The van der Waals surface area contributed by atoms with Gasteiger partial charge in [0.1, 0.15) is 18.0 Å². The molecule has 120 valence electrons. The largest absolute Gasteiger partial charge is 0.507 e. The van der Waals surface area contributed by atoms with Crippen molar-refractivity contribution in [3.8, 4) is 11.5 Å². The average Bonchev–Trinajstić information content (AvgIpc) is 2.98. The lowest BCUT2D eigenvalue weighted by molar-refractivity contribution is -0.394. The summed E-state index contributed by atoms with van der Waals surface area (Å²) in [6, 6.07) is 4.53. The first-order chi connectivity index (χ1) is 11.0. The number of nitrogens with zero attached hydrogens (tertiary/aromatic N) is 5. The van der Waals surface area contributed by atoms with Gasteiger partial charge in [-0.1, -0.05) is 4.98 Å². The minimum Gasteiger partial charge on any atom is -0.507 e. The molecule has 0 aliphatic heterocycles. The first kappa shape index (κ1) is 15.9. The summed E-state index contributed by atoms with van der Waals surface area (Å²) in [5.41, 5.74) is 2.55. The zero-order valence-corrected chi connectivity index (χ0v) is 11.9. The Kier molecular flexibility index (Phi) is 4.82. The molecule has 0 saturated heterocycles. The van der Waals surface area contributed by atoms with Gasteiger partial charge >= 0.3 is 5.95 Å². The van der Waals surface area contributed by atoms with Crippen LogP contribution >= 0.6 is 0 Å². The van der Waals surface area contributed by atoms with Gasteiger partial charge in [0, 0.05) is 10.7 Å². The number of aromatic nitrogens is 3. The monoisotopic (exact) mass is 320 g/mol. The van der Waals surface area contributed by atoms with Crippen LogP contribution in [0.5, 0.6) is 11.5 Å². The van der Waals surface area contributed by atoms with E-state index in [4.69, 9.17) is 4.74 Å². The number of amides is 1. The van der Waals surface area contributed by atoms with Gasteiger partial charge in [0.05, 0.1) is 13.3 Å². The molecule has 2 rings (SSSR count). The topological polar surface area (TPSA) is 145 Å². The maximum atomic E-state index is 11.6. The molecule has 2 aromatic rings. The van der Waals surface area contributed by atoms with E-state index >= 15 is 0 Å². The first-order valence-corrected chi connectivity index (χ1v) is 6.22. The van der Waals surface area contributed by atoms with Crippen LogP contribution in [-0.2, 0) is 11.3 Å². The van der Waals surface area contributed by atoms with Crippen molar-refractivity contribution in [1.82, 2.24) is 20.2 Å². The number of benzene rings is 1. The van der Waals surface area contributed by atoms with Crippen molar-refractivity contribution < 1.29 is 19.6 Å². The van der Waals surface area contributed by atoms with Crippen molar-refractivity contribution >= 4 is 18.1 Å². The molecule has 23 heavy (non-hydrogen) atoms. The zero-order chi connectivity index (χ0) is 16.8. The molecule has 0 spiro atoms. The SMILES string of the molecule is COc1ccc(O)c(/C=N\NC(=O)Cn2cnc([N+](=O)[O-])n2)c1. The Hall–Kier alpha value is -3.50. The molecular weight excluding hydrogens is 308 g/mol. The number of hydrazone groups is 1. The van der Waals surface area contributed by atoms with Crippen LogP contribution in [0.25, 0.3) is 0 Å². The third-order valence-electron chi connectivity index (χ3n) is 2.62. The summed E-state index contributed by atoms with van der Waals surface area (Å²) in [5.74, 6) is -0.674. The van der Waals surface area contributed by atoms with E-state index in [1.54, 1.807) is 6.07 Å². The molecule has 0 aliphatic carbocycles. The van der Waals surface area contributed by atoms with E-state index in [0.29, 0.717) is 11.3 Å². The maximum Gasteiger partial charge on any atom is 0.490 e. The van der Waals surface area contributed by atoms with Crippen molar-refractivity contribution in [2.45, 2.75) is 6.54 Å². The highest BCUT2D eigenvalue weighted by Gasteiger charge is 2.14. The number of ether oxygens (including phenoxy) is 1. The number of phenols is 1. The van der Waals surface area contributed by atoms with Crippen LogP contribution in [-0.4, -0.2) is 44.0 Å². The molecule has 1 aromatic heterocycles. The van der Waals surface area contributed by atoms with E-state index in [2.05, 4.69) is 20.6 Å². The van der Waals surface area contributed by atoms with Crippen molar-refractivity contribution in [2.75, 3.05) is 7.11 Å². The molecule has 0 radical (unpaired) electrons. The maximum absolute atomic E-state index is 11.6. The molecule has 0 unspecified atom stereocenters. The predicted octanol–water partition coefficient (Wildman–Crippen LogP) is 0.0508. The van der Waals surface area contributed by atoms with Crippen LogP contribution in [0.4, 0.5) is 5.95 Å². The zero-order valence-electron chi connectivity index (χ0n) is 11.9. The van der Waals surface area contributed by atoms with Crippen LogP contribution in [0.1, 0.15) is 5.56 Å². The number of methoxy groups -OCH3 is 1. The highest BCUT2D eigenvalue weighted by atomic mass is 16.6. The number of hydrogen-bond donors (Lipinski definition) is 2. The molecule has 11 heteroatoms. The minimum atomic E-state index is -0.766. The second kappa shape index (κ2) is 6.98. The number of phenolic OH excluding ortho intramolecular Hbond substituents is 1. The average molecular weight is 320 g/mol. The fraction of sp³-hybridized carbons (Fsp3) is 0.167. The molecule has 0 atom stereocenters. The Morgan fingerprint density at radius 2 is 2.39 bits per heavy atom. The number of rotatable bonds is 6. The third-order valence-corrected chi connectivity index (χ3v) is 2.62. The molecule has 0 fully saturated rings. The lowest BCUT2D eigenvalue weighted by Gasteiger charge is -2.03. The number of carbonyl (C=O) groups is 1. The summed E-state index contributed by atoms with van der Waals surface area (Å²) in [4.78, 5) is 24.7. The molecule has 1 aromatic carbocycles. The van der Waals surface area contributed by atoms with E-state index in [0.717, 1.165) is 11.0 Å². The van der Waals surface area contributed by atoms with E-state index in [9.17, 15) is 20.0 Å². The van der Waals surface area contributed by atoms with Crippen LogP contribution in [0.15, 0.2) is 29.6 Å². The van der Waals surface area contributed by atoms with Crippen LogP contribution in [0.2, 0.25) is 0 Å². The Balaban J connectivity index is 1.94. The van der Waals surface area contributed by atoms with E-state index in [-0.39, 0.29) is 12.3 Å². The Morgan fingerprint density at radius 1 is 1.61 bits per heavy atom. The summed E-state index contributed by atoms with van der Waals surface area (Å²) >= 11 is 0. The van der Waals surface area contributed by atoms with Gasteiger partial charge in [-0.05, 0) is 23.1 Å². The van der Waals surface area contributed by atoms with Crippen LogP contribution in [0, 0.1) is 10.1 Å². The van der Waals surface area contributed by atoms with Gasteiger partial charge in [0.25, 0.3) is 5.91 Å². The van der Waals surface area contributed by atoms with Gasteiger partial charge in [-0.25, -0.2) is 5.43 Å². The Labute approximate surface area is 129 Å². The molecule has 2 N–H and O–H groups in total. The Bertz CT molecular complexity index is 756. The molecule has 1 amide bonds. The molecule has 0 bridgehead atoms. The molecule has 0 saturated carbocycles. The van der Waals surface area contributed by atoms with Gasteiger partial charge in [0.2, 0.25) is 6.33 Å². The van der Waals surface area contributed by atoms with Crippen LogP contribution in [0.3, 0.4) is 0 Å². The third kappa shape index (κ3) is 4.23. The number of carbonyl (C=O) groups excluding carboxylic acids is 1. The molecule has 11 nitrogen and oxygen atoms in total. The van der Waals surface area contributed by atoms with Gasteiger partial charge in [-0.3, -0.25) is 4.79 Å².